The topological polar surface area (TPSA) is 70.7 Å². The number of nitrogens with zero attached hydrogens (tertiary/aromatic N) is 2. The summed E-state index contributed by atoms with van der Waals surface area (Å²) in [7, 11) is 0. The van der Waals surface area contributed by atoms with Crippen molar-refractivity contribution in [1.29, 1.82) is 0 Å². The number of anilines is 1. The molecule has 2 heterocycles. The van der Waals surface area contributed by atoms with E-state index in [-0.39, 0.29) is 5.91 Å². The minimum absolute atomic E-state index is 0.212. The molecule has 0 radical (unpaired) electrons. The van der Waals surface area contributed by atoms with Crippen LogP contribution in [0, 0.1) is 13.8 Å². The van der Waals surface area contributed by atoms with Crippen molar-refractivity contribution >= 4 is 22.8 Å². The lowest BCUT2D eigenvalue weighted by atomic mass is 10.1. The van der Waals surface area contributed by atoms with E-state index < -0.39 is 0 Å². The molecule has 2 aromatic heterocycles. The van der Waals surface area contributed by atoms with E-state index in [2.05, 4.69) is 20.3 Å². The van der Waals surface area contributed by atoms with Crippen molar-refractivity contribution in [3.05, 3.63) is 53.5 Å². The average molecular weight is 266 g/mol. The van der Waals surface area contributed by atoms with Gasteiger partial charge in [0.2, 0.25) is 5.95 Å². The number of aromatic nitrogens is 3. The van der Waals surface area contributed by atoms with Crippen LogP contribution >= 0.6 is 0 Å². The van der Waals surface area contributed by atoms with Gasteiger partial charge in [0.05, 0.1) is 0 Å². The zero-order valence-electron chi connectivity index (χ0n) is 11.3. The number of H-pyrrole nitrogens is 1. The Morgan fingerprint density at radius 1 is 1.20 bits per heavy atom. The molecule has 0 spiro atoms. The number of carbonyl (C=O) groups is 1. The number of hydrogen-bond donors (Lipinski definition) is 2. The van der Waals surface area contributed by atoms with E-state index in [1.807, 2.05) is 26.0 Å². The number of benzene rings is 1. The molecule has 0 fully saturated rings. The first-order valence-electron chi connectivity index (χ1n) is 6.32. The van der Waals surface area contributed by atoms with Gasteiger partial charge >= 0.3 is 0 Å². The van der Waals surface area contributed by atoms with Crippen molar-refractivity contribution < 1.29 is 4.79 Å². The average Bonchev–Trinajstić information content (AvgIpc) is 2.75. The van der Waals surface area contributed by atoms with Gasteiger partial charge in [-0.3, -0.25) is 10.1 Å². The fourth-order valence-corrected chi connectivity index (χ4v) is 2.14. The third-order valence-corrected chi connectivity index (χ3v) is 3.36. The molecule has 20 heavy (non-hydrogen) atoms. The minimum Gasteiger partial charge on any atom is -0.358 e. The Morgan fingerprint density at radius 2 is 1.95 bits per heavy atom. The number of rotatable bonds is 2. The maximum Gasteiger partial charge on any atom is 0.258 e. The molecule has 2 N–H and O–H groups in total. The molecule has 5 heteroatoms. The maximum atomic E-state index is 12.2. The van der Waals surface area contributed by atoms with E-state index in [1.54, 1.807) is 24.5 Å². The number of fused-ring (bicyclic) bond motifs is 1. The van der Waals surface area contributed by atoms with Crippen LogP contribution in [0.3, 0.4) is 0 Å². The van der Waals surface area contributed by atoms with Gasteiger partial charge in [-0.25, -0.2) is 9.97 Å². The van der Waals surface area contributed by atoms with E-state index in [1.165, 1.54) is 0 Å². The normalized spacial score (nSPS) is 10.7. The monoisotopic (exact) mass is 266 g/mol. The van der Waals surface area contributed by atoms with Crippen molar-refractivity contribution in [3.63, 3.8) is 0 Å². The molecule has 0 saturated carbocycles. The Balaban J connectivity index is 1.94. The van der Waals surface area contributed by atoms with Gasteiger partial charge in [0, 0.05) is 34.6 Å². The molecule has 100 valence electrons. The van der Waals surface area contributed by atoms with Crippen molar-refractivity contribution in [2.24, 2.45) is 0 Å². The van der Waals surface area contributed by atoms with Crippen LogP contribution in [0.1, 0.15) is 21.6 Å². The lowest BCUT2D eigenvalue weighted by Crippen LogP contribution is -2.13. The van der Waals surface area contributed by atoms with E-state index in [4.69, 9.17) is 0 Å². The van der Waals surface area contributed by atoms with Crippen molar-refractivity contribution in [2.75, 3.05) is 5.32 Å². The van der Waals surface area contributed by atoms with Gasteiger partial charge in [0.15, 0.2) is 0 Å². The molecular weight excluding hydrogens is 252 g/mol. The van der Waals surface area contributed by atoms with Crippen LogP contribution in [0.15, 0.2) is 36.7 Å². The third-order valence-electron chi connectivity index (χ3n) is 3.36. The zero-order valence-corrected chi connectivity index (χ0v) is 11.3. The molecule has 0 aliphatic carbocycles. The molecule has 3 rings (SSSR count). The van der Waals surface area contributed by atoms with Crippen molar-refractivity contribution in [2.45, 2.75) is 13.8 Å². The molecular formula is C15H14N4O. The quantitative estimate of drug-likeness (QED) is 0.749. The summed E-state index contributed by atoms with van der Waals surface area (Å²) in [6.07, 6.45) is 3.18. The summed E-state index contributed by atoms with van der Waals surface area (Å²) in [4.78, 5) is 23.4. The predicted molar refractivity (Wildman–Crippen MR) is 77.8 cm³/mol. The number of aryl methyl sites for hydroxylation is 2. The number of carbonyl (C=O) groups excluding carboxylic acids is 1. The molecule has 1 amide bonds. The highest BCUT2D eigenvalue weighted by molar-refractivity contribution is 6.05. The van der Waals surface area contributed by atoms with Gasteiger partial charge in [-0.1, -0.05) is 0 Å². The number of nitrogens with one attached hydrogen (secondary N) is 2. The van der Waals surface area contributed by atoms with Crippen LogP contribution in [0.2, 0.25) is 0 Å². The fraction of sp³-hybridized carbons (Fsp3) is 0.133. The zero-order chi connectivity index (χ0) is 14.1. The van der Waals surface area contributed by atoms with Crippen LogP contribution in [0.25, 0.3) is 10.9 Å². The molecule has 0 atom stereocenters. The van der Waals surface area contributed by atoms with Gasteiger partial charge in [0.25, 0.3) is 5.91 Å². The van der Waals surface area contributed by atoms with Crippen molar-refractivity contribution in [3.8, 4) is 0 Å². The summed E-state index contributed by atoms with van der Waals surface area (Å²) in [5, 5.41) is 3.74. The first-order valence-corrected chi connectivity index (χ1v) is 6.32. The SMILES string of the molecule is Cc1[nH]c2ccc(C(=O)Nc3ncccn3)cc2c1C. The summed E-state index contributed by atoms with van der Waals surface area (Å²) >= 11 is 0. The molecule has 0 saturated heterocycles. The largest absolute Gasteiger partial charge is 0.358 e. The first kappa shape index (κ1) is 12.3. The van der Waals surface area contributed by atoms with Gasteiger partial charge in [-0.05, 0) is 43.7 Å². The maximum absolute atomic E-state index is 12.2. The molecule has 0 unspecified atom stereocenters. The van der Waals surface area contributed by atoms with Gasteiger partial charge in [0.1, 0.15) is 0 Å². The van der Waals surface area contributed by atoms with Crippen LogP contribution in [-0.4, -0.2) is 20.9 Å². The summed E-state index contributed by atoms with van der Waals surface area (Å²) < 4.78 is 0. The van der Waals surface area contributed by atoms with Crippen LogP contribution in [0.4, 0.5) is 5.95 Å². The van der Waals surface area contributed by atoms with Gasteiger partial charge in [-0.2, -0.15) is 0 Å². The highest BCUT2D eigenvalue weighted by Gasteiger charge is 2.10. The second-order valence-corrected chi connectivity index (χ2v) is 4.66. The van der Waals surface area contributed by atoms with E-state index in [9.17, 15) is 4.79 Å². The van der Waals surface area contributed by atoms with Gasteiger partial charge < -0.3 is 4.98 Å². The molecule has 0 aliphatic heterocycles. The second-order valence-electron chi connectivity index (χ2n) is 4.66. The Hall–Kier alpha value is -2.69. The molecule has 0 bridgehead atoms. The summed E-state index contributed by atoms with van der Waals surface area (Å²) in [6, 6.07) is 7.28. The van der Waals surface area contributed by atoms with Crippen LogP contribution < -0.4 is 5.32 Å². The first-order chi connectivity index (χ1) is 9.65. The molecule has 1 aromatic carbocycles. The summed E-state index contributed by atoms with van der Waals surface area (Å²) in [5.41, 5.74) is 3.90. The Morgan fingerprint density at radius 3 is 2.70 bits per heavy atom. The number of aromatic amines is 1. The Kier molecular flexibility index (Phi) is 2.95. The lowest BCUT2D eigenvalue weighted by molar-refractivity contribution is 0.102. The lowest BCUT2D eigenvalue weighted by Gasteiger charge is -2.03. The Labute approximate surface area is 116 Å². The fourth-order valence-electron chi connectivity index (χ4n) is 2.14. The summed E-state index contributed by atoms with van der Waals surface area (Å²) in [5.74, 6) is 0.0934. The smallest absolute Gasteiger partial charge is 0.258 e. The van der Waals surface area contributed by atoms with E-state index >= 15 is 0 Å². The van der Waals surface area contributed by atoms with Crippen LogP contribution in [0.5, 0.6) is 0 Å². The minimum atomic E-state index is -0.212. The summed E-state index contributed by atoms with van der Waals surface area (Å²) in [6.45, 7) is 4.06. The predicted octanol–water partition coefficient (Wildman–Crippen LogP) is 2.83. The Bertz CT molecular complexity index is 777. The number of amides is 1. The third kappa shape index (κ3) is 2.14. The van der Waals surface area contributed by atoms with Crippen LogP contribution in [-0.2, 0) is 0 Å². The van der Waals surface area contributed by atoms with E-state index in [0.29, 0.717) is 11.5 Å². The highest BCUT2D eigenvalue weighted by atomic mass is 16.1. The van der Waals surface area contributed by atoms with E-state index in [0.717, 1.165) is 22.2 Å². The van der Waals surface area contributed by atoms with Gasteiger partial charge in [-0.15, -0.1) is 0 Å². The molecule has 0 aliphatic rings. The highest BCUT2D eigenvalue weighted by Crippen LogP contribution is 2.22. The number of hydrogen-bond acceptors (Lipinski definition) is 3. The standard InChI is InChI=1S/C15H14N4O/c1-9-10(2)18-13-5-4-11(8-12(9)13)14(20)19-15-16-6-3-7-17-15/h3-8,18H,1-2H3,(H,16,17,19,20). The van der Waals surface area contributed by atoms with Crippen molar-refractivity contribution in [1.82, 2.24) is 15.0 Å². The molecule has 5 nitrogen and oxygen atoms in total. The second kappa shape index (κ2) is 4.77. The molecule has 3 aromatic rings.